The van der Waals surface area contributed by atoms with Gasteiger partial charge in [-0.25, -0.2) is 0 Å². The lowest BCUT2D eigenvalue weighted by Gasteiger charge is -2.04. The van der Waals surface area contributed by atoms with Crippen molar-refractivity contribution in [1.82, 2.24) is 4.90 Å². The Balaban J connectivity index is 2.51. The number of hydrogen-bond donors (Lipinski definition) is 0. The maximum Gasteiger partial charge on any atom is 0.223 e. The lowest BCUT2D eigenvalue weighted by molar-refractivity contribution is -0.126. The molecule has 0 N–H and O–H groups in total. The Labute approximate surface area is 57.0 Å². The van der Waals surface area contributed by atoms with Gasteiger partial charge in [-0.15, -0.1) is 0 Å². The average molecular weight is 178 g/mol. The first-order chi connectivity index (χ1) is 3.70. The van der Waals surface area contributed by atoms with Gasteiger partial charge >= 0.3 is 0 Å². The van der Waals surface area contributed by atoms with Crippen molar-refractivity contribution < 1.29 is 4.79 Å². The van der Waals surface area contributed by atoms with Crippen molar-refractivity contribution in [3.8, 4) is 0 Å². The van der Waals surface area contributed by atoms with E-state index in [4.69, 9.17) is 0 Å². The van der Waals surface area contributed by atoms with Crippen LogP contribution in [0.5, 0.6) is 0 Å². The number of amides is 1. The summed E-state index contributed by atoms with van der Waals surface area (Å²) in [6.07, 6.45) is 0.663. The summed E-state index contributed by atoms with van der Waals surface area (Å²) in [4.78, 5) is 12.8. The van der Waals surface area contributed by atoms with E-state index < -0.39 is 0 Å². The topological polar surface area (TPSA) is 20.3 Å². The van der Waals surface area contributed by atoms with E-state index in [2.05, 4.69) is 15.9 Å². The molecule has 2 nitrogen and oxygen atoms in total. The number of carbonyl (C=O) groups excluding carboxylic acids is 1. The van der Waals surface area contributed by atoms with Gasteiger partial charge in [0.05, 0.1) is 0 Å². The van der Waals surface area contributed by atoms with E-state index in [9.17, 15) is 4.79 Å². The molecule has 0 spiro atoms. The largest absolute Gasteiger partial charge is 0.345 e. The van der Waals surface area contributed by atoms with E-state index in [1.165, 1.54) is 0 Å². The Morgan fingerprint density at radius 3 is 2.62 bits per heavy atom. The van der Waals surface area contributed by atoms with Crippen molar-refractivity contribution in [1.29, 1.82) is 0 Å². The number of nitrogens with zero attached hydrogens (tertiary/aromatic N) is 1. The summed E-state index contributed by atoms with van der Waals surface area (Å²) in [7, 11) is 1.82. The average Bonchev–Trinajstić information content (AvgIpc) is 1.85. The predicted octanol–water partition coefficient (Wildman–Crippen LogP) is 0.612. The Morgan fingerprint density at radius 2 is 2.50 bits per heavy atom. The zero-order chi connectivity index (χ0) is 6.15. The highest BCUT2D eigenvalue weighted by atomic mass is 79.9. The summed E-state index contributed by atoms with van der Waals surface area (Å²) >= 11 is 3.36. The molecule has 1 heterocycles. The van der Waals surface area contributed by atoms with Gasteiger partial charge in [-0.05, 0) is 0 Å². The lowest BCUT2D eigenvalue weighted by atomic mass is 10.4. The molecule has 1 aliphatic heterocycles. The number of rotatable bonds is 0. The van der Waals surface area contributed by atoms with Crippen LogP contribution in [0.3, 0.4) is 0 Å². The molecular formula is C5H8BrNO. The second-order valence-corrected chi connectivity index (χ2v) is 3.37. The van der Waals surface area contributed by atoms with Crippen LogP contribution in [0.4, 0.5) is 0 Å². The monoisotopic (exact) mass is 177 g/mol. The molecule has 0 aromatic heterocycles. The van der Waals surface area contributed by atoms with Crippen LogP contribution in [-0.2, 0) is 4.79 Å². The molecule has 0 aromatic rings. The molecule has 0 saturated carbocycles. The third-order valence-corrected chi connectivity index (χ3v) is 1.91. The zero-order valence-corrected chi connectivity index (χ0v) is 6.31. The quantitative estimate of drug-likeness (QED) is 0.497. The van der Waals surface area contributed by atoms with Gasteiger partial charge in [0.15, 0.2) is 0 Å². The molecular weight excluding hydrogens is 170 g/mol. The molecule has 1 aliphatic rings. The first-order valence-electron chi connectivity index (χ1n) is 2.58. The van der Waals surface area contributed by atoms with Crippen molar-refractivity contribution in [3.63, 3.8) is 0 Å². The lowest BCUT2D eigenvalue weighted by Crippen LogP contribution is -2.18. The summed E-state index contributed by atoms with van der Waals surface area (Å²) in [5.74, 6) is 0.242. The molecule has 1 unspecified atom stereocenters. The highest BCUT2D eigenvalue weighted by molar-refractivity contribution is 9.09. The minimum absolute atomic E-state index is 0.242. The fourth-order valence-electron chi connectivity index (χ4n) is 0.809. The smallest absolute Gasteiger partial charge is 0.223 e. The summed E-state index contributed by atoms with van der Waals surface area (Å²) < 4.78 is 0. The number of likely N-dealkylation sites (tertiary alicyclic amines) is 1. The first kappa shape index (κ1) is 6.08. The predicted molar refractivity (Wildman–Crippen MR) is 35.0 cm³/mol. The summed E-state index contributed by atoms with van der Waals surface area (Å²) in [6, 6.07) is 0. The first-order valence-corrected chi connectivity index (χ1v) is 3.50. The van der Waals surface area contributed by atoms with Crippen LogP contribution in [0.2, 0.25) is 0 Å². The minimum Gasteiger partial charge on any atom is -0.345 e. The maximum atomic E-state index is 10.7. The van der Waals surface area contributed by atoms with Crippen LogP contribution < -0.4 is 0 Å². The molecule has 0 bridgehead atoms. The molecule has 46 valence electrons. The molecule has 0 aromatic carbocycles. The summed E-state index contributed by atoms with van der Waals surface area (Å²) in [6.45, 7) is 0.860. The van der Waals surface area contributed by atoms with Gasteiger partial charge in [0.2, 0.25) is 5.91 Å². The minimum atomic E-state index is 0.242. The Kier molecular flexibility index (Phi) is 1.56. The van der Waals surface area contributed by atoms with Crippen molar-refractivity contribution in [2.75, 3.05) is 13.6 Å². The van der Waals surface area contributed by atoms with E-state index >= 15 is 0 Å². The van der Waals surface area contributed by atoms with Crippen LogP contribution in [-0.4, -0.2) is 29.2 Å². The Morgan fingerprint density at radius 1 is 1.88 bits per heavy atom. The van der Waals surface area contributed by atoms with Gasteiger partial charge in [-0.2, -0.15) is 0 Å². The number of alkyl halides is 1. The third kappa shape index (κ3) is 1.02. The fraction of sp³-hybridized carbons (Fsp3) is 0.800. The number of hydrogen-bond acceptors (Lipinski definition) is 1. The van der Waals surface area contributed by atoms with Gasteiger partial charge in [0, 0.05) is 24.8 Å². The highest BCUT2D eigenvalue weighted by Crippen LogP contribution is 2.15. The zero-order valence-electron chi connectivity index (χ0n) is 4.72. The Hall–Kier alpha value is -0.0500. The molecule has 1 rings (SSSR count). The third-order valence-electron chi connectivity index (χ3n) is 1.29. The summed E-state index contributed by atoms with van der Waals surface area (Å²) in [5, 5.41) is 0. The molecule has 1 fully saturated rings. The van der Waals surface area contributed by atoms with Gasteiger partial charge in [-0.3, -0.25) is 4.79 Å². The molecule has 1 atom stereocenters. The van der Waals surface area contributed by atoms with Crippen LogP contribution in [0.1, 0.15) is 6.42 Å². The second kappa shape index (κ2) is 2.05. The molecule has 8 heavy (non-hydrogen) atoms. The van der Waals surface area contributed by atoms with E-state index in [0.717, 1.165) is 6.54 Å². The van der Waals surface area contributed by atoms with Crippen LogP contribution >= 0.6 is 15.9 Å². The maximum absolute atomic E-state index is 10.7. The number of carbonyl (C=O) groups is 1. The molecule has 1 amide bonds. The summed E-state index contributed by atoms with van der Waals surface area (Å²) in [5.41, 5.74) is 0. The molecule has 0 aliphatic carbocycles. The van der Waals surface area contributed by atoms with Gasteiger partial charge in [0.25, 0.3) is 0 Å². The molecule has 1 saturated heterocycles. The van der Waals surface area contributed by atoms with Crippen molar-refractivity contribution in [2.24, 2.45) is 0 Å². The fourth-order valence-corrected chi connectivity index (χ4v) is 1.52. The molecule has 3 heteroatoms. The number of halogens is 1. The van der Waals surface area contributed by atoms with E-state index in [1.807, 2.05) is 7.05 Å². The van der Waals surface area contributed by atoms with Crippen LogP contribution in [0.15, 0.2) is 0 Å². The van der Waals surface area contributed by atoms with Crippen LogP contribution in [0, 0.1) is 0 Å². The van der Waals surface area contributed by atoms with E-state index in [0.29, 0.717) is 11.2 Å². The molecule has 0 radical (unpaired) electrons. The van der Waals surface area contributed by atoms with Gasteiger partial charge in [-0.1, -0.05) is 15.9 Å². The van der Waals surface area contributed by atoms with Gasteiger partial charge in [0.1, 0.15) is 0 Å². The van der Waals surface area contributed by atoms with E-state index in [1.54, 1.807) is 4.90 Å². The van der Waals surface area contributed by atoms with Crippen LogP contribution in [0.25, 0.3) is 0 Å². The SMILES string of the molecule is CN1CC(Br)CC1=O. The van der Waals surface area contributed by atoms with Crippen molar-refractivity contribution in [2.45, 2.75) is 11.2 Å². The van der Waals surface area contributed by atoms with E-state index in [-0.39, 0.29) is 5.91 Å². The second-order valence-electron chi connectivity index (χ2n) is 2.08. The normalized spacial score (nSPS) is 29.5. The van der Waals surface area contributed by atoms with Crippen molar-refractivity contribution >= 4 is 21.8 Å². The standard InChI is InChI=1S/C5H8BrNO/c1-7-3-4(6)2-5(7)8/h4H,2-3H2,1H3. The highest BCUT2D eigenvalue weighted by Gasteiger charge is 2.23. The van der Waals surface area contributed by atoms with Gasteiger partial charge < -0.3 is 4.90 Å². The van der Waals surface area contributed by atoms with Crippen molar-refractivity contribution in [3.05, 3.63) is 0 Å². The Bertz CT molecular complexity index is 115.